The van der Waals surface area contributed by atoms with Gasteiger partial charge in [-0.15, -0.1) is 0 Å². The fraction of sp³-hybridized carbons (Fsp3) is 0.700. The Labute approximate surface area is 81.0 Å². The van der Waals surface area contributed by atoms with Gasteiger partial charge in [0.1, 0.15) is 0 Å². The van der Waals surface area contributed by atoms with Crippen molar-refractivity contribution in [3.63, 3.8) is 0 Å². The Bertz CT molecular complexity index is 193. The second kappa shape index (κ2) is 5.81. The van der Waals surface area contributed by atoms with Crippen LogP contribution in [0.3, 0.4) is 0 Å². The minimum Gasteiger partial charge on any atom is -0.491 e. The van der Waals surface area contributed by atoms with E-state index in [9.17, 15) is 0 Å². The first kappa shape index (κ1) is 12.2. The molecule has 0 aromatic heterocycles. The van der Waals surface area contributed by atoms with Crippen molar-refractivity contribution < 1.29 is 4.74 Å². The maximum Gasteiger partial charge on any atom is 0.156 e. The summed E-state index contributed by atoms with van der Waals surface area (Å²) in [5.74, 6) is 1.19. The van der Waals surface area contributed by atoms with Gasteiger partial charge in [-0.05, 0) is 5.92 Å². The Hall–Kier alpha value is -0.760. The third-order valence-electron chi connectivity index (χ3n) is 1.74. The molecule has 0 rings (SSSR count). The summed E-state index contributed by atoms with van der Waals surface area (Å²) in [6.07, 6.45) is 0. The third-order valence-corrected chi connectivity index (χ3v) is 1.74. The molecule has 0 bridgehead atoms. The van der Waals surface area contributed by atoms with Crippen LogP contribution in [0.25, 0.3) is 0 Å². The molecule has 1 atom stereocenters. The summed E-state index contributed by atoms with van der Waals surface area (Å²) in [6.45, 7) is 7.84. The zero-order valence-electron chi connectivity index (χ0n) is 9.22. The van der Waals surface area contributed by atoms with Gasteiger partial charge in [0.05, 0.1) is 13.2 Å². The Kier molecular flexibility index (Phi) is 5.47. The molecule has 0 saturated heterocycles. The molecule has 0 aliphatic carbocycles. The Balaban J connectivity index is 4.50. The molecule has 0 fully saturated rings. The fourth-order valence-corrected chi connectivity index (χ4v) is 1.10. The van der Waals surface area contributed by atoms with Crippen molar-refractivity contribution in [3.05, 3.63) is 18.1 Å². The van der Waals surface area contributed by atoms with Crippen molar-refractivity contribution >= 4 is 0 Å². The van der Waals surface area contributed by atoms with Crippen LogP contribution in [0, 0.1) is 5.92 Å². The van der Waals surface area contributed by atoms with E-state index in [1.165, 1.54) is 0 Å². The molecule has 0 aliphatic rings. The molecule has 0 radical (unpaired) electrons. The largest absolute Gasteiger partial charge is 0.491 e. The Morgan fingerprint density at radius 3 is 2.23 bits per heavy atom. The van der Waals surface area contributed by atoms with Crippen LogP contribution in [-0.4, -0.2) is 32.3 Å². The van der Waals surface area contributed by atoms with E-state index < -0.39 is 0 Å². The molecular formula is C10H20N2O. The molecule has 0 amide bonds. The highest BCUT2D eigenvalue weighted by Crippen LogP contribution is 2.11. The Morgan fingerprint density at radius 2 is 2.00 bits per heavy atom. The second-order valence-electron chi connectivity index (χ2n) is 3.49. The lowest BCUT2D eigenvalue weighted by Gasteiger charge is -2.26. The molecule has 1 unspecified atom stereocenters. The zero-order chi connectivity index (χ0) is 10.4. The lowest BCUT2D eigenvalue weighted by molar-refractivity contribution is 0.164. The van der Waals surface area contributed by atoms with Gasteiger partial charge in [-0.1, -0.05) is 26.2 Å². The lowest BCUT2D eigenvalue weighted by atomic mass is 10.0. The molecule has 0 spiro atoms. The number of nitrogens with one attached hydrogen (secondary N) is 1. The Morgan fingerprint density at radius 1 is 1.46 bits per heavy atom. The number of hydrogen-bond acceptors (Lipinski definition) is 3. The van der Waals surface area contributed by atoms with Crippen LogP contribution in [0.5, 0.6) is 0 Å². The van der Waals surface area contributed by atoms with Crippen LogP contribution in [0.4, 0.5) is 0 Å². The molecular weight excluding hydrogens is 164 g/mol. The summed E-state index contributed by atoms with van der Waals surface area (Å²) >= 11 is 0. The van der Waals surface area contributed by atoms with E-state index in [2.05, 4.69) is 31.6 Å². The van der Waals surface area contributed by atoms with Gasteiger partial charge in [0.2, 0.25) is 0 Å². The van der Waals surface area contributed by atoms with Gasteiger partial charge in [0.15, 0.2) is 5.76 Å². The van der Waals surface area contributed by atoms with Crippen molar-refractivity contribution in [2.75, 3.05) is 21.2 Å². The molecule has 76 valence electrons. The topological polar surface area (TPSA) is 24.5 Å². The van der Waals surface area contributed by atoms with Gasteiger partial charge in [-0.2, -0.15) is 0 Å². The van der Waals surface area contributed by atoms with Crippen LogP contribution in [0.15, 0.2) is 18.1 Å². The van der Waals surface area contributed by atoms with E-state index in [-0.39, 0.29) is 6.04 Å². The quantitative estimate of drug-likeness (QED) is 0.397. The summed E-state index contributed by atoms with van der Waals surface area (Å²) in [7, 11) is 5.54. The van der Waals surface area contributed by atoms with E-state index in [1.807, 2.05) is 19.1 Å². The predicted molar refractivity (Wildman–Crippen MR) is 55.1 cm³/mol. The van der Waals surface area contributed by atoms with Crippen molar-refractivity contribution in [1.82, 2.24) is 10.4 Å². The van der Waals surface area contributed by atoms with E-state index >= 15 is 0 Å². The zero-order valence-corrected chi connectivity index (χ0v) is 9.22. The molecule has 0 aromatic carbocycles. The van der Waals surface area contributed by atoms with Crippen LogP contribution >= 0.6 is 0 Å². The highest BCUT2D eigenvalue weighted by molar-refractivity contribution is 5.01. The number of hydrazine groups is 1. The maximum atomic E-state index is 5.18. The van der Waals surface area contributed by atoms with Gasteiger partial charge in [0.25, 0.3) is 0 Å². The standard InChI is InChI=1S/C10H20N2O/c1-7-9(13-6)10(8(2)3)11-12(4)5/h8,10-11H,1H2,2-6H3. The minimum atomic E-state index is 0.137. The van der Waals surface area contributed by atoms with Crippen molar-refractivity contribution in [1.29, 1.82) is 0 Å². The van der Waals surface area contributed by atoms with Crippen molar-refractivity contribution in [2.24, 2.45) is 5.92 Å². The third kappa shape index (κ3) is 4.13. The number of ether oxygens (including phenoxy) is 1. The molecule has 0 aromatic rings. The van der Waals surface area contributed by atoms with Crippen LogP contribution in [0.1, 0.15) is 13.8 Å². The summed E-state index contributed by atoms with van der Waals surface area (Å²) in [5, 5.41) is 1.90. The summed E-state index contributed by atoms with van der Waals surface area (Å²) < 4.78 is 5.18. The van der Waals surface area contributed by atoms with Gasteiger partial charge in [-0.3, -0.25) is 0 Å². The maximum absolute atomic E-state index is 5.18. The first-order valence-electron chi connectivity index (χ1n) is 4.40. The van der Waals surface area contributed by atoms with E-state index in [0.717, 1.165) is 5.76 Å². The SMILES string of the molecule is C=C=C(OC)C(NN(C)C)C(C)C. The summed E-state index contributed by atoms with van der Waals surface area (Å²) in [4.78, 5) is 0. The molecule has 3 heteroatoms. The van der Waals surface area contributed by atoms with Crippen LogP contribution < -0.4 is 5.43 Å². The van der Waals surface area contributed by atoms with Crippen molar-refractivity contribution in [2.45, 2.75) is 19.9 Å². The van der Waals surface area contributed by atoms with Gasteiger partial charge >= 0.3 is 0 Å². The fourth-order valence-electron chi connectivity index (χ4n) is 1.10. The van der Waals surface area contributed by atoms with Crippen LogP contribution in [-0.2, 0) is 4.74 Å². The van der Waals surface area contributed by atoms with E-state index in [4.69, 9.17) is 4.74 Å². The van der Waals surface area contributed by atoms with Crippen LogP contribution in [0.2, 0.25) is 0 Å². The smallest absolute Gasteiger partial charge is 0.156 e. The minimum absolute atomic E-state index is 0.137. The lowest BCUT2D eigenvalue weighted by Crippen LogP contribution is -2.44. The van der Waals surface area contributed by atoms with E-state index in [1.54, 1.807) is 7.11 Å². The average molecular weight is 184 g/mol. The average Bonchev–Trinajstić information content (AvgIpc) is 2.04. The van der Waals surface area contributed by atoms with Gasteiger partial charge < -0.3 is 4.74 Å². The highest BCUT2D eigenvalue weighted by atomic mass is 16.5. The molecule has 0 heterocycles. The second-order valence-corrected chi connectivity index (χ2v) is 3.49. The summed E-state index contributed by atoms with van der Waals surface area (Å²) in [5.41, 5.74) is 6.04. The van der Waals surface area contributed by atoms with Gasteiger partial charge in [-0.25, -0.2) is 10.4 Å². The number of methoxy groups -OCH3 is 1. The number of nitrogens with zero attached hydrogens (tertiary/aromatic N) is 1. The molecule has 0 aliphatic heterocycles. The first-order valence-corrected chi connectivity index (χ1v) is 4.40. The van der Waals surface area contributed by atoms with Gasteiger partial charge in [0, 0.05) is 14.1 Å². The predicted octanol–water partition coefficient (Wildman–Crippen LogP) is 1.39. The van der Waals surface area contributed by atoms with E-state index in [0.29, 0.717) is 5.92 Å². The molecule has 0 saturated carbocycles. The normalized spacial score (nSPS) is 12.8. The monoisotopic (exact) mass is 184 g/mol. The van der Waals surface area contributed by atoms with Crippen molar-refractivity contribution in [3.8, 4) is 0 Å². The summed E-state index contributed by atoms with van der Waals surface area (Å²) in [6, 6.07) is 0.137. The molecule has 3 nitrogen and oxygen atoms in total. The molecule has 13 heavy (non-hydrogen) atoms. The molecule has 1 N–H and O–H groups in total. The highest BCUT2D eigenvalue weighted by Gasteiger charge is 2.18. The number of rotatable bonds is 5. The number of hydrogen-bond donors (Lipinski definition) is 1. The first-order chi connectivity index (χ1) is 6.02.